The zero-order chi connectivity index (χ0) is 15.5. The largest absolute Gasteiger partial charge is 0.462 e. The second kappa shape index (κ2) is 6.31. The van der Waals surface area contributed by atoms with E-state index in [4.69, 9.17) is 13.7 Å². The van der Waals surface area contributed by atoms with Gasteiger partial charge in [-0.05, 0) is 13.0 Å². The molecule has 21 heavy (non-hydrogen) atoms. The Morgan fingerprint density at radius 2 is 2.05 bits per heavy atom. The third-order valence-corrected chi connectivity index (χ3v) is 6.60. The van der Waals surface area contributed by atoms with Crippen molar-refractivity contribution in [3.05, 3.63) is 24.2 Å². The van der Waals surface area contributed by atoms with E-state index in [2.05, 4.69) is 5.16 Å². The first-order valence-electron chi connectivity index (χ1n) is 6.86. The van der Waals surface area contributed by atoms with Crippen LogP contribution in [0.3, 0.4) is 0 Å². The van der Waals surface area contributed by atoms with Crippen LogP contribution in [0.5, 0.6) is 0 Å². The molecule has 0 aromatic carbocycles. The number of carbonyl (C=O) groups is 1. The Labute approximate surface area is 122 Å². The molecule has 2 heterocycles. The number of aromatic nitrogens is 1. The molecule has 0 spiro atoms. The summed E-state index contributed by atoms with van der Waals surface area (Å²) in [5.74, 6) is -0.197. The Bertz CT molecular complexity index is 664. The maximum absolute atomic E-state index is 12.8. The van der Waals surface area contributed by atoms with Crippen LogP contribution in [-0.4, -0.2) is 30.1 Å². The predicted molar refractivity (Wildman–Crippen MR) is 78.5 cm³/mol. The van der Waals surface area contributed by atoms with Crippen LogP contribution >= 0.6 is 7.14 Å². The molecule has 0 amide bonds. The van der Waals surface area contributed by atoms with Crippen LogP contribution in [0.2, 0.25) is 0 Å². The molecule has 0 aliphatic heterocycles. The lowest BCUT2D eigenvalue weighted by Gasteiger charge is -2.12. The number of ether oxygens (including phenoxy) is 1. The molecular formula is C14H18NO5P. The molecule has 7 heteroatoms. The Kier molecular flexibility index (Phi) is 4.68. The first kappa shape index (κ1) is 15.6. The first-order chi connectivity index (χ1) is 10.1. The normalized spacial score (nSPS) is 11.6. The van der Waals surface area contributed by atoms with E-state index in [0.29, 0.717) is 29.1 Å². The Morgan fingerprint density at radius 3 is 2.67 bits per heavy atom. The number of hydrogen-bond donors (Lipinski definition) is 0. The van der Waals surface area contributed by atoms with Gasteiger partial charge in [0.25, 0.3) is 0 Å². The van der Waals surface area contributed by atoms with Crippen molar-refractivity contribution < 1.29 is 23.0 Å². The average Bonchev–Trinajstić information content (AvgIpc) is 3.15. The minimum absolute atomic E-state index is 0.00275. The van der Waals surface area contributed by atoms with Gasteiger partial charge in [-0.3, -0.25) is 0 Å². The first-order valence-corrected chi connectivity index (χ1v) is 8.93. The summed E-state index contributed by atoms with van der Waals surface area (Å²) in [6, 6.07) is 3.14. The SMILES string of the molecule is CCOC(=O)c1cc(-c2occc2P(=O)(CC)CC)no1. The summed E-state index contributed by atoms with van der Waals surface area (Å²) in [5.41, 5.74) is 0.347. The van der Waals surface area contributed by atoms with Crippen molar-refractivity contribution in [2.75, 3.05) is 18.9 Å². The molecule has 0 radical (unpaired) electrons. The third-order valence-electron chi connectivity index (χ3n) is 3.32. The highest BCUT2D eigenvalue weighted by atomic mass is 31.2. The fourth-order valence-electron chi connectivity index (χ4n) is 2.06. The van der Waals surface area contributed by atoms with Crippen molar-refractivity contribution in [2.45, 2.75) is 20.8 Å². The minimum Gasteiger partial charge on any atom is -0.462 e. The lowest BCUT2D eigenvalue weighted by molar-refractivity contribution is 0.0479. The second-order valence-electron chi connectivity index (χ2n) is 4.45. The number of esters is 1. The maximum Gasteiger partial charge on any atom is 0.377 e. The standard InChI is InChI=1S/C14H18NO5P/c1-4-18-14(16)11-9-10(15-20-11)13-12(7-8-19-13)21(17,5-2)6-3/h7-9H,4-6H2,1-3H3. The van der Waals surface area contributed by atoms with Crippen LogP contribution < -0.4 is 5.30 Å². The molecule has 2 rings (SSSR count). The van der Waals surface area contributed by atoms with Gasteiger partial charge in [0.15, 0.2) is 11.5 Å². The van der Waals surface area contributed by atoms with Gasteiger partial charge in [0.2, 0.25) is 5.76 Å². The average molecular weight is 311 g/mol. The summed E-state index contributed by atoms with van der Waals surface area (Å²) in [6.07, 6.45) is 2.55. The summed E-state index contributed by atoms with van der Waals surface area (Å²) < 4.78 is 28.1. The highest BCUT2D eigenvalue weighted by Crippen LogP contribution is 2.46. The van der Waals surface area contributed by atoms with Gasteiger partial charge in [0.05, 0.1) is 18.2 Å². The van der Waals surface area contributed by atoms with Gasteiger partial charge in [-0.1, -0.05) is 19.0 Å². The topological polar surface area (TPSA) is 82.5 Å². The molecule has 0 saturated carbocycles. The van der Waals surface area contributed by atoms with E-state index < -0.39 is 13.1 Å². The van der Waals surface area contributed by atoms with Gasteiger partial charge < -0.3 is 18.2 Å². The Balaban J connectivity index is 2.39. The van der Waals surface area contributed by atoms with Crippen molar-refractivity contribution in [3.8, 4) is 11.5 Å². The summed E-state index contributed by atoms with van der Waals surface area (Å²) in [7, 11) is -2.51. The van der Waals surface area contributed by atoms with Crippen LogP contribution in [0.25, 0.3) is 11.5 Å². The van der Waals surface area contributed by atoms with Crippen LogP contribution in [0.1, 0.15) is 31.3 Å². The van der Waals surface area contributed by atoms with Gasteiger partial charge >= 0.3 is 5.97 Å². The molecule has 114 valence electrons. The zero-order valence-electron chi connectivity index (χ0n) is 12.3. The van der Waals surface area contributed by atoms with E-state index in [1.54, 1.807) is 13.0 Å². The molecule has 0 bridgehead atoms. The van der Waals surface area contributed by atoms with Crippen LogP contribution in [0, 0.1) is 0 Å². The number of rotatable bonds is 6. The second-order valence-corrected chi connectivity index (χ2v) is 7.98. The Hall–Kier alpha value is -1.81. The third kappa shape index (κ3) is 2.95. The van der Waals surface area contributed by atoms with Crippen LogP contribution in [-0.2, 0) is 9.30 Å². The van der Waals surface area contributed by atoms with E-state index >= 15 is 0 Å². The number of furan rings is 1. The van der Waals surface area contributed by atoms with E-state index in [1.807, 2.05) is 13.8 Å². The summed E-state index contributed by atoms with van der Waals surface area (Å²) in [4.78, 5) is 11.6. The molecule has 2 aromatic rings. The van der Waals surface area contributed by atoms with Gasteiger partial charge in [0, 0.05) is 18.4 Å². The quantitative estimate of drug-likeness (QED) is 0.602. The molecule has 6 nitrogen and oxygen atoms in total. The fourth-order valence-corrected chi connectivity index (χ4v) is 4.06. The molecule has 0 aliphatic carbocycles. The van der Waals surface area contributed by atoms with E-state index in [9.17, 15) is 9.36 Å². The summed E-state index contributed by atoms with van der Waals surface area (Å²) >= 11 is 0. The van der Waals surface area contributed by atoms with Gasteiger partial charge in [-0.25, -0.2) is 4.79 Å². The van der Waals surface area contributed by atoms with E-state index in [-0.39, 0.29) is 12.4 Å². The Morgan fingerprint density at radius 1 is 1.33 bits per heavy atom. The smallest absolute Gasteiger partial charge is 0.377 e. The molecule has 0 aliphatic rings. The van der Waals surface area contributed by atoms with Crippen molar-refractivity contribution >= 4 is 18.4 Å². The van der Waals surface area contributed by atoms with E-state index in [0.717, 1.165) is 0 Å². The lowest BCUT2D eigenvalue weighted by atomic mass is 10.3. The van der Waals surface area contributed by atoms with Crippen molar-refractivity contribution in [1.82, 2.24) is 5.16 Å². The van der Waals surface area contributed by atoms with Crippen molar-refractivity contribution in [1.29, 1.82) is 0 Å². The molecule has 0 N–H and O–H groups in total. The monoisotopic (exact) mass is 311 g/mol. The predicted octanol–water partition coefficient (Wildman–Crippen LogP) is 3.14. The maximum atomic E-state index is 12.8. The molecule has 2 aromatic heterocycles. The van der Waals surface area contributed by atoms with Crippen LogP contribution in [0.15, 0.2) is 27.3 Å². The van der Waals surface area contributed by atoms with E-state index in [1.165, 1.54) is 12.3 Å². The lowest BCUT2D eigenvalue weighted by Crippen LogP contribution is -2.09. The summed E-state index contributed by atoms with van der Waals surface area (Å²) in [6.45, 7) is 5.72. The summed E-state index contributed by atoms with van der Waals surface area (Å²) in [5, 5.41) is 4.45. The highest BCUT2D eigenvalue weighted by molar-refractivity contribution is 7.71. The molecular weight excluding hydrogens is 293 g/mol. The van der Waals surface area contributed by atoms with Gasteiger partial charge in [-0.2, -0.15) is 0 Å². The van der Waals surface area contributed by atoms with Gasteiger partial charge in [0.1, 0.15) is 7.14 Å². The molecule has 0 unspecified atom stereocenters. The fraction of sp³-hybridized carbons (Fsp3) is 0.429. The van der Waals surface area contributed by atoms with Crippen molar-refractivity contribution in [3.63, 3.8) is 0 Å². The zero-order valence-corrected chi connectivity index (χ0v) is 13.2. The molecule has 0 fully saturated rings. The van der Waals surface area contributed by atoms with Gasteiger partial charge in [-0.15, -0.1) is 0 Å². The number of carbonyl (C=O) groups excluding carboxylic acids is 1. The number of nitrogens with zero attached hydrogens (tertiary/aromatic N) is 1. The molecule has 0 atom stereocenters. The highest BCUT2D eigenvalue weighted by Gasteiger charge is 2.28. The van der Waals surface area contributed by atoms with Crippen LogP contribution in [0.4, 0.5) is 0 Å². The minimum atomic E-state index is -2.51. The van der Waals surface area contributed by atoms with Crippen molar-refractivity contribution in [2.24, 2.45) is 0 Å². The molecule has 0 saturated heterocycles. The number of hydrogen-bond acceptors (Lipinski definition) is 6.